The average molecular weight is 398 g/mol. The van der Waals surface area contributed by atoms with E-state index in [-0.39, 0.29) is 18.3 Å². The van der Waals surface area contributed by atoms with E-state index in [1.165, 1.54) is 4.31 Å². The van der Waals surface area contributed by atoms with Gasteiger partial charge in [0.15, 0.2) is 0 Å². The van der Waals surface area contributed by atoms with Gasteiger partial charge in [-0.1, -0.05) is 60.4 Å². The van der Waals surface area contributed by atoms with Gasteiger partial charge in [-0.05, 0) is 17.7 Å². The molecule has 0 unspecified atom stereocenters. The first kappa shape index (κ1) is 19.9. The number of benzene rings is 2. The van der Waals surface area contributed by atoms with E-state index in [2.05, 4.69) is 17.2 Å². The average Bonchev–Trinajstić information content (AvgIpc) is 2.72. The Morgan fingerprint density at radius 1 is 0.929 bits per heavy atom. The fourth-order valence-corrected chi connectivity index (χ4v) is 4.46. The van der Waals surface area contributed by atoms with Crippen LogP contribution in [0.5, 0.6) is 0 Å². The van der Waals surface area contributed by atoms with Crippen molar-refractivity contribution in [2.24, 2.45) is 0 Å². The maximum atomic E-state index is 12.6. The number of amides is 2. The molecular formula is C21H23N3O3S. The first-order valence-corrected chi connectivity index (χ1v) is 10.7. The number of sulfonamides is 1. The lowest BCUT2D eigenvalue weighted by atomic mass is 10.2. The second kappa shape index (κ2) is 9.40. The van der Waals surface area contributed by atoms with Gasteiger partial charge in [-0.15, -0.1) is 0 Å². The highest BCUT2D eigenvalue weighted by molar-refractivity contribution is 7.88. The highest BCUT2D eigenvalue weighted by Gasteiger charge is 2.28. The molecule has 1 aliphatic rings. The van der Waals surface area contributed by atoms with E-state index in [9.17, 15) is 13.2 Å². The molecular weight excluding hydrogens is 374 g/mol. The van der Waals surface area contributed by atoms with Crippen molar-refractivity contribution < 1.29 is 13.2 Å². The van der Waals surface area contributed by atoms with Crippen molar-refractivity contribution in [3.63, 3.8) is 0 Å². The van der Waals surface area contributed by atoms with Crippen molar-refractivity contribution in [3.8, 4) is 11.8 Å². The second-order valence-corrected chi connectivity index (χ2v) is 8.42. The highest BCUT2D eigenvalue weighted by Crippen LogP contribution is 2.13. The molecule has 0 spiro atoms. The number of hydrogen-bond donors (Lipinski definition) is 1. The van der Waals surface area contributed by atoms with E-state index < -0.39 is 10.0 Å². The molecule has 1 fully saturated rings. The molecule has 146 valence electrons. The summed E-state index contributed by atoms with van der Waals surface area (Å²) in [7, 11) is -3.38. The molecule has 1 heterocycles. The lowest BCUT2D eigenvalue weighted by Crippen LogP contribution is -2.53. The van der Waals surface area contributed by atoms with E-state index in [1.54, 1.807) is 17.0 Å². The monoisotopic (exact) mass is 397 g/mol. The summed E-state index contributed by atoms with van der Waals surface area (Å²) in [6, 6.07) is 18.5. The molecule has 1 N–H and O–H groups in total. The Labute approximate surface area is 166 Å². The summed E-state index contributed by atoms with van der Waals surface area (Å²) in [6.45, 7) is 1.59. The van der Waals surface area contributed by atoms with Crippen molar-refractivity contribution in [2.75, 3.05) is 32.7 Å². The van der Waals surface area contributed by atoms with Crippen LogP contribution in [0.2, 0.25) is 0 Å². The normalized spacial score (nSPS) is 14.8. The Morgan fingerprint density at radius 2 is 1.54 bits per heavy atom. The van der Waals surface area contributed by atoms with Crippen LogP contribution in [0.4, 0.5) is 4.79 Å². The van der Waals surface area contributed by atoms with Crippen LogP contribution in [0.15, 0.2) is 60.7 Å². The minimum atomic E-state index is -3.38. The molecule has 2 amide bonds. The van der Waals surface area contributed by atoms with Crippen LogP contribution in [0.1, 0.15) is 11.1 Å². The number of nitrogens with zero attached hydrogens (tertiary/aromatic N) is 2. The fraction of sp³-hybridized carbons (Fsp3) is 0.286. The smallest absolute Gasteiger partial charge is 0.318 e. The number of hydrogen-bond acceptors (Lipinski definition) is 3. The molecule has 0 atom stereocenters. The van der Waals surface area contributed by atoms with Crippen LogP contribution in [0.25, 0.3) is 0 Å². The highest BCUT2D eigenvalue weighted by atomic mass is 32.2. The largest absolute Gasteiger partial charge is 0.327 e. The van der Waals surface area contributed by atoms with Gasteiger partial charge in [0.2, 0.25) is 10.0 Å². The molecule has 0 saturated carbocycles. The van der Waals surface area contributed by atoms with Crippen LogP contribution in [-0.4, -0.2) is 56.4 Å². The lowest BCUT2D eigenvalue weighted by molar-refractivity contribution is 0.173. The predicted octanol–water partition coefficient (Wildman–Crippen LogP) is 1.90. The molecule has 2 aromatic rings. The van der Waals surface area contributed by atoms with Gasteiger partial charge in [0, 0.05) is 31.7 Å². The van der Waals surface area contributed by atoms with Crippen molar-refractivity contribution in [1.82, 2.24) is 14.5 Å². The molecule has 0 aromatic heterocycles. The van der Waals surface area contributed by atoms with E-state index in [1.807, 2.05) is 48.5 Å². The Balaban J connectivity index is 1.45. The molecule has 1 saturated heterocycles. The van der Waals surface area contributed by atoms with Crippen LogP contribution in [0, 0.1) is 11.8 Å². The Hall–Kier alpha value is -2.82. The van der Waals surface area contributed by atoms with Gasteiger partial charge in [0.1, 0.15) is 0 Å². The van der Waals surface area contributed by atoms with Gasteiger partial charge in [-0.3, -0.25) is 0 Å². The summed E-state index contributed by atoms with van der Waals surface area (Å²) in [4.78, 5) is 13.9. The molecule has 1 aliphatic heterocycles. The van der Waals surface area contributed by atoms with Crippen molar-refractivity contribution >= 4 is 16.1 Å². The number of urea groups is 1. The Morgan fingerprint density at radius 3 is 2.18 bits per heavy atom. The number of rotatable bonds is 4. The molecule has 0 bridgehead atoms. The standard InChI is InChI=1S/C21H23N3O3S/c25-21(22-13-7-12-19-8-3-1-4-9-19)23-14-16-24(17-15-23)28(26,27)18-20-10-5-2-6-11-20/h1-6,8-11H,13-18H2,(H,22,25). The number of nitrogens with one attached hydrogen (secondary N) is 1. The minimum Gasteiger partial charge on any atom is -0.327 e. The second-order valence-electron chi connectivity index (χ2n) is 6.45. The van der Waals surface area contributed by atoms with Crippen molar-refractivity contribution in [3.05, 3.63) is 71.8 Å². The molecule has 2 aromatic carbocycles. The molecule has 28 heavy (non-hydrogen) atoms. The number of piperazine rings is 1. The first-order chi connectivity index (χ1) is 13.5. The molecule has 7 heteroatoms. The number of carbonyl (C=O) groups is 1. The zero-order valence-electron chi connectivity index (χ0n) is 15.5. The molecule has 6 nitrogen and oxygen atoms in total. The van der Waals surface area contributed by atoms with E-state index in [4.69, 9.17) is 0 Å². The fourth-order valence-electron chi connectivity index (χ4n) is 2.94. The van der Waals surface area contributed by atoms with E-state index in [0.29, 0.717) is 26.2 Å². The topological polar surface area (TPSA) is 69.7 Å². The van der Waals surface area contributed by atoms with Gasteiger partial charge in [-0.2, -0.15) is 4.31 Å². The zero-order chi connectivity index (χ0) is 19.8. The molecule has 3 rings (SSSR count). The van der Waals surface area contributed by atoms with E-state index in [0.717, 1.165) is 11.1 Å². The first-order valence-electron chi connectivity index (χ1n) is 9.13. The summed E-state index contributed by atoms with van der Waals surface area (Å²) in [5.41, 5.74) is 1.66. The molecule has 0 radical (unpaired) electrons. The minimum absolute atomic E-state index is 0.0187. The lowest BCUT2D eigenvalue weighted by Gasteiger charge is -2.33. The SMILES string of the molecule is O=C(NCC#Cc1ccccc1)N1CCN(S(=O)(=O)Cc2ccccc2)CC1. The van der Waals surface area contributed by atoms with Crippen LogP contribution in [0.3, 0.4) is 0 Å². The van der Waals surface area contributed by atoms with Crippen molar-refractivity contribution in [1.29, 1.82) is 0 Å². The Bertz CT molecular complexity index is 943. The van der Waals surface area contributed by atoms with Crippen molar-refractivity contribution in [2.45, 2.75) is 5.75 Å². The summed E-state index contributed by atoms with van der Waals surface area (Å²) in [5.74, 6) is 5.88. The van der Waals surface area contributed by atoms with Gasteiger partial charge in [-0.25, -0.2) is 13.2 Å². The third kappa shape index (κ3) is 5.59. The quantitative estimate of drug-likeness (QED) is 0.801. The summed E-state index contributed by atoms with van der Waals surface area (Å²) in [6.07, 6.45) is 0. The van der Waals surface area contributed by atoms with Crippen LogP contribution in [-0.2, 0) is 15.8 Å². The predicted molar refractivity (Wildman–Crippen MR) is 109 cm³/mol. The van der Waals surface area contributed by atoms with E-state index >= 15 is 0 Å². The molecule has 0 aliphatic carbocycles. The zero-order valence-corrected chi connectivity index (χ0v) is 16.4. The third-order valence-corrected chi connectivity index (χ3v) is 6.30. The summed E-state index contributed by atoms with van der Waals surface area (Å²) in [5, 5.41) is 2.76. The van der Waals surface area contributed by atoms with Crippen LogP contribution >= 0.6 is 0 Å². The van der Waals surface area contributed by atoms with Gasteiger partial charge in [0.25, 0.3) is 0 Å². The van der Waals surface area contributed by atoms with Gasteiger partial charge < -0.3 is 10.2 Å². The van der Waals surface area contributed by atoms with Gasteiger partial charge >= 0.3 is 6.03 Å². The summed E-state index contributed by atoms with van der Waals surface area (Å²) >= 11 is 0. The maximum absolute atomic E-state index is 12.6. The van der Waals surface area contributed by atoms with Crippen LogP contribution < -0.4 is 5.32 Å². The maximum Gasteiger partial charge on any atom is 0.318 e. The number of carbonyl (C=O) groups excluding carboxylic acids is 1. The van der Waals surface area contributed by atoms with Gasteiger partial charge in [0.05, 0.1) is 12.3 Å². The summed E-state index contributed by atoms with van der Waals surface area (Å²) < 4.78 is 26.6. The third-order valence-electron chi connectivity index (χ3n) is 4.45. The Kier molecular flexibility index (Phi) is 6.69.